The van der Waals surface area contributed by atoms with Gasteiger partial charge in [0.05, 0.1) is 0 Å². The van der Waals surface area contributed by atoms with Crippen molar-refractivity contribution in [3.05, 3.63) is 32.9 Å². The van der Waals surface area contributed by atoms with Crippen molar-refractivity contribution in [2.24, 2.45) is 0 Å². The molecule has 0 saturated heterocycles. The number of benzene rings is 1. The lowest BCUT2D eigenvalue weighted by molar-refractivity contribution is 1.31. The zero-order chi connectivity index (χ0) is 8.27. The Balaban J connectivity index is 3.10. The number of rotatable bonds is 2. The van der Waals surface area contributed by atoms with Crippen LogP contribution in [0.15, 0.2) is 18.2 Å². The third-order valence-electron chi connectivity index (χ3n) is 1.45. The molecule has 1 rings (SSSR count). The fourth-order valence-corrected chi connectivity index (χ4v) is 3.56. The van der Waals surface area contributed by atoms with Gasteiger partial charge in [-0.1, -0.05) is 50.1 Å². The number of alkyl halides is 2. The van der Waals surface area contributed by atoms with Crippen molar-refractivity contribution in [1.29, 1.82) is 0 Å². The van der Waals surface area contributed by atoms with Crippen LogP contribution in [-0.4, -0.2) is 0 Å². The Bertz CT molecular complexity index is 226. The van der Waals surface area contributed by atoms with Gasteiger partial charge >= 0.3 is 0 Å². The first-order valence-corrected chi connectivity index (χ1v) is 6.50. The van der Waals surface area contributed by atoms with Crippen LogP contribution in [-0.2, 0) is 10.7 Å². The molecule has 11 heavy (non-hydrogen) atoms. The molecule has 1 aromatic carbocycles. The number of hydrogen-bond acceptors (Lipinski definition) is 0. The van der Waals surface area contributed by atoms with Gasteiger partial charge in [-0.05, 0) is 33.7 Å². The van der Waals surface area contributed by atoms with Crippen LogP contribution >= 0.6 is 54.5 Å². The van der Waals surface area contributed by atoms with E-state index in [0.29, 0.717) is 0 Å². The molecule has 0 aliphatic heterocycles. The molecule has 0 saturated carbocycles. The topological polar surface area (TPSA) is 0 Å². The summed E-state index contributed by atoms with van der Waals surface area (Å²) in [5.74, 6) is 0. The molecule has 0 nitrogen and oxygen atoms in total. The maximum atomic E-state index is 3.45. The standard InChI is InChI=1S/C8H7Br2I/c9-4-6-2-1-3-7(5-10)8(6)11/h1-3H,4-5H2. The van der Waals surface area contributed by atoms with Crippen LogP contribution in [0.4, 0.5) is 0 Å². The predicted molar refractivity (Wildman–Crippen MR) is 64.4 cm³/mol. The van der Waals surface area contributed by atoms with Gasteiger partial charge in [0.15, 0.2) is 0 Å². The van der Waals surface area contributed by atoms with E-state index in [-0.39, 0.29) is 0 Å². The van der Waals surface area contributed by atoms with Gasteiger partial charge in [-0.25, -0.2) is 0 Å². The molecule has 60 valence electrons. The fraction of sp³-hybridized carbons (Fsp3) is 0.250. The SMILES string of the molecule is BrCc1cccc(CBr)c1I. The van der Waals surface area contributed by atoms with Crippen LogP contribution in [0.25, 0.3) is 0 Å². The highest BCUT2D eigenvalue weighted by Crippen LogP contribution is 2.21. The molecule has 0 fully saturated rings. The number of hydrogen-bond donors (Lipinski definition) is 0. The summed E-state index contributed by atoms with van der Waals surface area (Å²) in [5.41, 5.74) is 2.73. The summed E-state index contributed by atoms with van der Waals surface area (Å²) in [5, 5.41) is 1.87. The van der Waals surface area contributed by atoms with Crippen molar-refractivity contribution in [3.63, 3.8) is 0 Å². The molecular weight excluding hydrogens is 383 g/mol. The monoisotopic (exact) mass is 388 g/mol. The van der Waals surface area contributed by atoms with Crippen LogP contribution in [0.2, 0.25) is 0 Å². The summed E-state index contributed by atoms with van der Waals surface area (Å²) >= 11 is 9.28. The van der Waals surface area contributed by atoms with Crippen molar-refractivity contribution in [2.75, 3.05) is 0 Å². The molecule has 0 aliphatic carbocycles. The summed E-state index contributed by atoms with van der Waals surface area (Å²) in [6.07, 6.45) is 0. The molecule has 0 spiro atoms. The minimum Gasteiger partial charge on any atom is -0.0876 e. The highest BCUT2D eigenvalue weighted by Gasteiger charge is 2.01. The third-order valence-corrected chi connectivity index (χ3v) is 4.04. The van der Waals surface area contributed by atoms with Gasteiger partial charge < -0.3 is 0 Å². The van der Waals surface area contributed by atoms with Gasteiger partial charge in [-0.2, -0.15) is 0 Å². The molecule has 3 heteroatoms. The molecule has 0 bridgehead atoms. The van der Waals surface area contributed by atoms with E-state index in [1.807, 2.05) is 0 Å². The Labute approximate surface area is 97.2 Å². The fourth-order valence-electron chi connectivity index (χ4n) is 0.839. The van der Waals surface area contributed by atoms with E-state index in [9.17, 15) is 0 Å². The Morgan fingerprint density at radius 2 is 1.55 bits per heavy atom. The number of halogens is 3. The quantitative estimate of drug-likeness (QED) is 0.528. The summed E-state index contributed by atoms with van der Waals surface area (Å²) in [7, 11) is 0. The maximum absolute atomic E-state index is 3.45. The molecule has 0 amide bonds. The van der Waals surface area contributed by atoms with Crippen molar-refractivity contribution in [1.82, 2.24) is 0 Å². The van der Waals surface area contributed by atoms with Crippen molar-refractivity contribution in [2.45, 2.75) is 10.7 Å². The van der Waals surface area contributed by atoms with E-state index in [2.05, 4.69) is 72.6 Å². The Morgan fingerprint density at radius 1 is 1.09 bits per heavy atom. The minimum absolute atomic E-state index is 0.937. The van der Waals surface area contributed by atoms with E-state index in [1.54, 1.807) is 0 Å². The second-order valence-electron chi connectivity index (χ2n) is 2.16. The van der Waals surface area contributed by atoms with Crippen LogP contribution < -0.4 is 0 Å². The zero-order valence-corrected chi connectivity index (χ0v) is 11.1. The lowest BCUT2D eigenvalue weighted by atomic mass is 10.2. The van der Waals surface area contributed by atoms with Gasteiger partial charge in [0, 0.05) is 14.2 Å². The molecule has 1 aromatic rings. The first kappa shape index (κ1) is 9.99. The van der Waals surface area contributed by atoms with E-state index in [0.717, 1.165) is 10.7 Å². The Hall–Kier alpha value is 0.910. The smallest absolute Gasteiger partial charge is 0.0293 e. The average Bonchev–Trinajstić information content (AvgIpc) is 2.05. The lowest BCUT2D eigenvalue weighted by Gasteiger charge is -2.04. The molecular formula is C8H7Br2I. The molecule has 0 atom stereocenters. The highest BCUT2D eigenvalue weighted by atomic mass is 127. The van der Waals surface area contributed by atoms with Gasteiger partial charge in [-0.3, -0.25) is 0 Å². The van der Waals surface area contributed by atoms with E-state index in [1.165, 1.54) is 14.7 Å². The average molecular weight is 390 g/mol. The first-order chi connectivity index (χ1) is 5.29. The van der Waals surface area contributed by atoms with E-state index < -0.39 is 0 Å². The minimum atomic E-state index is 0.937. The van der Waals surface area contributed by atoms with Gasteiger partial charge in [-0.15, -0.1) is 0 Å². The predicted octanol–water partition coefficient (Wildman–Crippen LogP) is 4.08. The van der Waals surface area contributed by atoms with Gasteiger partial charge in [0.1, 0.15) is 0 Å². The van der Waals surface area contributed by atoms with Gasteiger partial charge in [0.2, 0.25) is 0 Å². The molecule has 0 heterocycles. The molecule has 0 unspecified atom stereocenters. The summed E-state index contributed by atoms with van der Waals surface area (Å²) in [6, 6.07) is 6.38. The zero-order valence-electron chi connectivity index (χ0n) is 5.78. The maximum Gasteiger partial charge on any atom is 0.0293 e. The largest absolute Gasteiger partial charge is 0.0876 e. The lowest BCUT2D eigenvalue weighted by Crippen LogP contribution is -1.89. The highest BCUT2D eigenvalue weighted by molar-refractivity contribution is 14.1. The van der Waals surface area contributed by atoms with Crippen molar-refractivity contribution in [3.8, 4) is 0 Å². The first-order valence-electron chi connectivity index (χ1n) is 3.17. The Morgan fingerprint density at radius 3 is 1.91 bits per heavy atom. The third kappa shape index (κ3) is 2.42. The van der Waals surface area contributed by atoms with E-state index in [4.69, 9.17) is 0 Å². The molecule has 0 aromatic heterocycles. The van der Waals surface area contributed by atoms with Crippen LogP contribution in [0.1, 0.15) is 11.1 Å². The van der Waals surface area contributed by atoms with Gasteiger partial charge in [0.25, 0.3) is 0 Å². The summed E-state index contributed by atoms with van der Waals surface area (Å²) < 4.78 is 1.36. The van der Waals surface area contributed by atoms with E-state index >= 15 is 0 Å². The Kier molecular flexibility index (Phi) is 4.38. The van der Waals surface area contributed by atoms with Crippen molar-refractivity contribution >= 4 is 54.5 Å². The summed E-state index contributed by atoms with van der Waals surface area (Å²) in [6.45, 7) is 0. The summed E-state index contributed by atoms with van der Waals surface area (Å²) in [4.78, 5) is 0. The second kappa shape index (κ2) is 4.82. The van der Waals surface area contributed by atoms with Crippen LogP contribution in [0.5, 0.6) is 0 Å². The molecule has 0 aliphatic rings. The second-order valence-corrected chi connectivity index (χ2v) is 4.36. The van der Waals surface area contributed by atoms with Crippen LogP contribution in [0, 0.1) is 3.57 Å². The van der Waals surface area contributed by atoms with Crippen molar-refractivity contribution < 1.29 is 0 Å². The molecule has 0 N–H and O–H groups in total. The normalized spacial score (nSPS) is 10.1. The molecule has 0 radical (unpaired) electrons. The van der Waals surface area contributed by atoms with Crippen LogP contribution in [0.3, 0.4) is 0 Å².